The van der Waals surface area contributed by atoms with E-state index in [2.05, 4.69) is 56.1 Å². The van der Waals surface area contributed by atoms with E-state index in [0.717, 1.165) is 81.2 Å². The van der Waals surface area contributed by atoms with Crippen LogP contribution in [-0.4, -0.2) is 63.8 Å². The Hall–Kier alpha value is -3.81. The van der Waals surface area contributed by atoms with Crippen LogP contribution in [0.15, 0.2) is 65.4 Å². The molecule has 2 fully saturated rings. The zero-order chi connectivity index (χ0) is 27.9. The van der Waals surface area contributed by atoms with Gasteiger partial charge in [-0.25, -0.2) is 4.98 Å². The van der Waals surface area contributed by atoms with Crippen molar-refractivity contribution in [3.63, 3.8) is 0 Å². The van der Waals surface area contributed by atoms with E-state index in [1.165, 1.54) is 5.56 Å². The standard InChI is InChI=1S/C32H35N5O4/c1-24(40-30-4-2-3-19-39-30)32-33-15-16-37(32)23-29-34-31(35-41-29)28-13-11-26(12-14-28)6-5-25-7-9-27(10-8-25)22-36-17-20-38-21-18-36/h7-16,24,30H,2-4,17-23H2,1H3/t24-,30?/m0/s1. The molecule has 41 heavy (non-hydrogen) atoms. The summed E-state index contributed by atoms with van der Waals surface area (Å²) < 4.78 is 24.8. The zero-order valence-corrected chi connectivity index (χ0v) is 23.4. The molecular weight excluding hydrogens is 518 g/mol. The fraction of sp³-hybridized carbons (Fsp3) is 0.406. The lowest BCUT2D eigenvalue weighted by Crippen LogP contribution is -2.35. The Bertz CT molecular complexity index is 1460. The third-order valence-electron chi connectivity index (χ3n) is 7.34. The van der Waals surface area contributed by atoms with Crippen LogP contribution in [-0.2, 0) is 27.3 Å². The van der Waals surface area contributed by atoms with Gasteiger partial charge >= 0.3 is 0 Å². The minimum atomic E-state index is -0.211. The summed E-state index contributed by atoms with van der Waals surface area (Å²) in [6.45, 7) is 7.69. The first-order chi connectivity index (χ1) is 20.2. The van der Waals surface area contributed by atoms with E-state index in [9.17, 15) is 0 Å². The SMILES string of the molecule is C[C@H](OC1CCCCO1)c1nccn1Cc1nc(-c2ccc(C#Cc3ccc(CN4CCOCC4)cc3)cc2)no1. The summed E-state index contributed by atoms with van der Waals surface area (Å²) in [6.07, 6.45) is 6.37. The van der Waals surface area contributed by atoms with Gasteiger partial charge in [0.25, 0.3) is 0 Å². The fourth-order valence-corrected chi connectivity index (χ4v) is 5.06. The molecule has 1 unspecified atom stereocenters. The Morgan fingerprint density at radius 3 is 2.44 bits per heavy atom. The van der Waals surface area contributed by atoms with Crippen LogP contribution in [0.3, 0.4) is 0 Å². The van der Waals surface area contributed by atoms with E-state index in [-0.39, 0.29) is 12.4 Å². The van der Waals surface area contributed by atoms with Crippen LogP contribution in [0.5, 0.6) is 0 Å². The molecule has 0 N–H and O–H groups in total. The molecular formula is C32H35N5O4. The summed E-state index contributed by atoms with van der Waals surface area (Å²) in [4.78, 5) is 11.5. The van der Waals surface area contributed by atoms with Crippen molar-refractivity contribution in [1.82, 2.24) is 24.6 Å². The molecule has 0 bridgehead atoms. The number of nitrogens with zero attached hydrogens (tertiary/aromatic N) is 5. The predicted molar refractivity (Wildman–Crippen MR) is 153 cm³/mol. The van der Waals surface area contributed by atoms with Crippen molar-refractivity contribution >= 4 is 0 Å². The minimum Gasteiger partial charge on any atom is -0.379 e. The summed E-state index contributed by atoms with van der Waals surface area (Å²) in [7, 11) is 0. The Kier molecular flexibility index (Phi) is 8.83. The van der Waals surface area contributed by atoms with Crippen molar-refractivity contribution in [3.8, 4) is 23.2 Å². The van der Waals surface area contributed by atoms with E-state index in [0.29, 0.717) is 18.3 Å². The maximum absolute atomic E-state index is 6.09. The summed E-state index contributed by atoms with van der Waals surface area (Å²) in [6, 6.07) is 16.4. The van der Waals surface area contributed by atoms with Crippen LogP contribution >= 0.6 is 0 Å². The van der Waals surface area contributed by atoms with E-state index >= 15 is 0 Å². The van der Waals surface area contributed by atoms with Gasteiger partial charge in [0.15, 0.2) is 6.29 Å². The topological polar surface area (TPSA) is 87.7 Å². The summed E-state index contributed by atoms with van der Waals surface area (Å²) in [5.41, 5.74) is 4.08. The van der Waals surface area contributed by atoms with Gasteiger partial charge in [-0.1, -0.05) is 29.1 Å². The number of hydrogen-bond acceptors (Lipinski definition) is 8. The van der Waals surface area contributed by atoms with Crippen LogP contribution in [0.4, 0.5) is 0 Å². The van der Waals surface area contributed by atoms with Crippen LogP contribution in [0.1, 0.15) is 60.7 Å². The minimum absolute atomic E-state index is 0.183. The molecule has 2 saturated heterocycles. The first kappa shape index (κ1) is 27.4. The molecule has 2 aliphatic rings. The molecule has 6 rings (SSSR count). The smallest absolute Gasteiger partial charge is 0.246 e. The Balaban J connectivity index is 1.05. The summed E-state index contributed by atoms with van der Waals surface area (Å²) in [5.74, 6) is 8.35. The number of benzene rings is 2. The average Bonchev–Trinajstić information content (AvgIpc) is 3.68. The Morgan fingerprint density at radius 2 is 1.71 bits per heavy atom. The van der Waals surface area contributed by atoms with E-state index < -0.39 is 0 Å². The third kappa shape index (κ3) is 7.29. The monoisotopic (exact) mass is 553 g/mol. The van der Waals surface area contributed by atoms with Crippen LogP contribution in [0, 0.1) is 11.8 Å². The highest BCUT2D eigenvalue weighted by Crippen LogP contribution is 2.24. The van der Waals surface area contributed by atoms with Gasteiger partial charge in [0.1, 0.15) is 18.5 Å². The van der Waals surface area contributed by atoms with Gasteiger partial charge in [0.05, 0.1) is 13.2 Å². The number of rotatable bonds is 8. The first-order valence-corrected chi connectivity index (χ1v) is 14.3. The first-order valence-electron chi connectivity index (χ1n) is 14.3. The van der Waals surface area contributed by atoms with Crippen LogP contribution < -0.4 is 0 Å². The molecule has 9 nitrogen and oxygen atoms in total. The molecule has 0 aliphatic carbocycles. The summed E-state index contributed by atoms with van der Waals surface area (Å²) >= 11 is 0. The van der Waals surface area contributed by atoms with Gasteiger partial charge in [-0.05, 0) is 68.1 Å². The number of imidazole rings is 1. The molecule has 2 atom stereocenters. The Morgan fingerprint density at radius 1 is 0.951 bits per heavy atom. The van der Waals surface area contributed by atoms with Crippen molar-refractivity contribution in [2.75, 3.05) is 32.9 Å². The van der Waals surface area contributed by atoms with Crippen molar-refractivity contribution in [3.05, 3.63) is 89.3 Å². The van der Waals surface area contributed by atoms with Crippen molar-refractivity contribution < 1.29 is 18.7 Å². The number of aromatic nitrogens is 4. The summed E-state index contributed by atoms with van der Waals surface area (Å²) in [5, 5.41) is 4.19. The number of hydrogen-bond donors (Lipinski definition) is 0. The van der Waals surface area contributed by atoms with E-state index in [4.69, 9.17) is 18.7 Å². The van der Waals surface area contributed by atoms with Crippen LogP contribution in [0.25, 0.3) is 11.4 Å². The Labute approximate surface area is 240 Å². The second kappa shape index (κ2) is 13.2. The lowest BCUT2D eigenvalue weighted by Gasteiger charge is -2.26. The quantitative estimate of drug-likeness (QED) is 0.287. The molecule has 212 valence electrons. The lowest BCUT2D eigenvalue weighted by molar-refractivity contribution is -0.188. The highest BCUT2D eigenvalue weighted by atomic mass is 16.7. The molecule has 2 aliphatic heterocycles. The van der Waals surface area contributed by atoms with Crippen molar-refractivity contribution in [1.29, 1.82) is 0 Å². The normalized spacial score (nSPS) is 18.5. The lowest BCUT2D eigenvalue weighted by atomic mass is 10.1. The third-order valence-corrected chi connectivity index (χ3v) is 7.34. The van der Waals surface area contributed by atoms with Crippen molar-refractivity contribution in [2.24, 2.45) is 0 Å². The van der Waals surface area contributed by atoms with Gasteiger partial charge in [-0.2, -0.15) is 4.98 Å². The molecule has 9 heteroatoms. The number of ether oxygens (including phenoxy) is 3. The second-order valence-corrected chi connectivity index (χ2v) is 10.4. The predicted octanol–water partition coefficient (Wildman–Crippen LogP) is 4.82. The zero-order valence-electron chi connectivity index (χ0n) is 23.4. The molecule has 2 aromatic heterocycles. The largest absolute Gasteiger partial charge is 0.379 e. The van der Waals surface area contributed by atoms with E-state index in [1.54, 1.807) is 6.20 Å². The molecule has 0 saturated carbocycles. The van der Waals surface area contributed by atoms with Crippen molar-refractivity contribution in [2.45, 2.75) is 51.7 Å². The highest BCUT2D eigenvalue weighted by Gasteiger charge is 2.22. The molecule has 0 radical (unpaired) electrons. The second-order valence-electron chi connectivity index (χ2n) is 10.4. The molecule has 0 amide bonds. The molecule has 4 aromatic rings. The number of morpholine rings is 1. The van der Waals surface area contributed by atoms with Gasteiger partial charge in [0, 0.05) is 55.3 Å². The maximum Gasteiger partial charge on any atom is 0.246 e. The molecule has 0 spiro atoms. The van der Waals surface area contributed by atoms with Gasteiger partial charge in [-0.15, -0.1) is 0 Å². The fourth-order valence-electron chi connectivity index (χ4n) is 5.06. The highest BCUT2D eigenvalue weighted by molar-refractivity contribution is 5.56. The van der Waals surface area contributed by atoms with Gasteiger partial charge in [0.2, 0.25) is 11.7 Å². The van der Waals surface area contributed by atoms with E-state index in [1.807, 2.05) is 42.0 Å². The maximum atomic E-state index is 6.09. The van der Waals surface area contributed by atoms with Crippen LogP contribution in [0.2, 0.25) is 0 Å². The van der Waals surface area contributed by atoms with Gasteiger partial charge in [-0.3, -0.25) is 4.90 Å². The molecule has 2 aromatic carbocycles. The molecule has 4 heterocycles. The van der Waals surface area contributed by atoms with Gasteiger partial charge < -0.3 is 23.3 Å². The average molecular weight is 554 g/mol.